The van der Waals surface area contributed by atoms with Gasteiger partial charge in [0.2, 0.25) is 0 Å². The van der Waals surface area contributed by atoms with Crippen LogP contribution in [0.3, 0.4) is 0 Å². The highest BCUT2D eigenvalue weighted by Gasteiger charge is 2.24. The fourth-order valence-electron chi connectivity index (χ4n) is 1.11. The summed E-state index contributed by atoms with van der Waals surface area (Å²) in [6.07, 6.45) is 2.64. The molecule has 1 aromatic rings. The Bertz CT molecular complexity index is 308. The summed E-state index contributed by atoms with van der Waals surface area (Å²) in [5.74, 6) is 1.49. The van der Waals surface area contributed by atoms with Gasteiger partial charge in [-0.3, -0.25) is 0 Å². The first-order valence-electron chi connectivity index (χ1n) is 4.30. The molecule has 1 fully saturated rings. The summed E-state index contributed by atoms with van der Waals surface area (Å²) in [6, 6.07) is 5.40. The van der Waals surface area contributed by atoms with Crippen molar-refractivity contribution in [1.29, 1.82) is 0 Å². The molecule has 0 atom stereocenters. The Hall–Kier alpha value is -0.890. The van der Waals surface area contributed by atoms with Gasteiger partial charge in [-0.25, -0.2) is 0 Å². The smallest absolute Gasteiger partial charge is 0.163 e. The van der Waals surface area contributed by atoms with E-state index in [-0.39, 0.29) is 0 Å². The Balaban J connectivity index is 2.22. The Labute approximate surface area is 82.4 Å². The number of methoxy groups -OCH3 is 1. The van der Waals surface area contributed by atoms with Crippen molar-refractivity contribution in [2.24, 2.45) is 0 Å². The van der Waals surface area contributed by atoms with Crippen molar-refractivity contribution in [1.82, 2.24) is 0 Å². The summed E-state index contributed by atoms with van der Waals surface area (Å²) in [5.41, 5.74) is 0. The van der Waals surface area contributed by atoms with Gasteiger partial charge in [-0.15, -0.1) is 0 Å². The lowest BCUT2D eigenvalue weighted by Gasteiger charge is -2.09. The lowest BCUT2D eigenvalue weighted by atomic mass is 10.3. The van der Waals surface area contributed by atoms with Crippen LogP contribution in [0.1, 0.15) is 12.8 Å². The Morgan fingerprint density at radius 2 is 2.08 bits per heavy atom. The number of rotatable bonds is 3. The molecular formula is C10H11ClO2. The topological polar surface area (TPSA) is 18.5 Å². The third-order valence-corrected chi connectivity index (χ3v) is 2.18. The van der Waals surface area contributed by atoms with Gasteiger partial charge in [0.25, 0.3) is 0 Å². The van der Waals surface area contributed by atoms with Crippen molar-refractivity contribution in [3.05, 3.63) is 23.2 Å². The van der Waals surface area contributed by atoms with E-state index in [0.717, 1.165) is 24.3 Å². The molecule has 0 saturated heterocycles. The number of ether oxygens (including phenoxy) is 2. The molecule has 70 valence electrons. The number of halogens is 1. The molecule has 0 bridgehead atoms. The first kappa shape index (κ1) is 8.70. The number of hydrogen-bond acceptors (Lipinski definition) is 2. The Morgan fingerprint density at radius 1 is 1.31 bits per heavy atom. The van der Waals surface area contributed by atoms with Crippen LogP contribution in [0, 0.1) is 0 Å². The second-order valence-corrected chi connectivity index (χ2v) is 3.55. The number of hydrogen-bond donors (Lipinski definition) is 0. The monoisotopic (exact) mass is 198 g/mol. The molecule has 0 aromatic heterocycles. The van der Waals surface area contributed by atoms with E-state index >= 15 is 0 Å². The largest absolute Gasteiger partial charge is 0.493 e. The predicted molar refractivity (Wildman–Crippen MR) is 51.7 cm³/mol. The molecule has 0 spiro atoms. The van der Waals surface area contributed by atoms with E-state index in [2.05, 4.69) is 0 Å². The number of benzene rings is 1. The highest BCUT2D eigenvalue weighted by atomic mass is 35.5. The molecule has 2 rings (SSSR count). The molecule has 0 amide bonds. The fourth-order valence-corrected chi connectivity index (χ4v) is 1.27. The van der Waals surface area contributed by atoms with Crippen molar-refractivity contribution < 1.29 is 9.47 Å². The van der Waals surface area contributed by atoms with Crippen LogP contribution in [0.25, 0.3) is 0 Å². The molecule has 1 aliphatic carbocycles. The molecule has 0 unspecified atom stereocenters. The van der Waals surface area contributed by atoms with E-state index in [1.165, 1.54) is 0 Å². The van der Waals surface area contributed by atoms with Crippen LogP contribution in [0.4, 0.5) is 0 Å². The minimum atomic E-state index is 0.368. The average molecular weight is 199 g/mol. The molecule has 0 aliphatic heterocycles. The quantitative estimate of drug-likeness (QED) is 0.744. The lowest BCUT2D eigenvalue weighted by Crippen LogP contribution is -1.98. The molecule has 2 nitrogen and oxygen atoms in total. The first-order valence-corrected chi connectivity index (χ1v) is 4.67. The summed E-state index contributed by atoms with van der Waals surface area (Å²) >= 11 is 5.84. The van der Waals surface area contributed by atoms with Gasteiger partial charge in [-0.05, 0) is 25.0 Å². The van der Waals surface area contributed by atoms with Gasteiger partial charge in [0, 0.05) is 11.1 Å². The first-order chi connectivity index (χ1) is 6.29. The molecule has 1 aromatic carbocycles. The summed E-state index contributed by atoms with van der Waals surface area (Å²) in [6.45, 7) is 0. The summed E-state index contributed by atoms with van der Waals surface area (Å²) in [4.78, 5) is 0. The highest BCUT2D eigenvalue weighted by Crippen LogP contribution is 2.35. The zero-order chi connectivity index (χ0) is 9.26. The molecule has 13 heavy (non-hydrogen) atoms. The molecule has 0 radical (unpaired) electrons. The summed E-state index contributed by atoms with van der Waals surface area (Å²) in [5, 5.41) is 0.677. The van der Waals surface area contributed by atoms with Crippen molar-refractivity contribution in [2.45, 2.75) is 18.9 Å². The average Bonchev–Trinajstić information content (AvgIpc) is 2.89. The van der Waals surface area contributed by atoms with Crippen molar-refractivity contribution in [2.75, 3.05) is 7.11 Å². The van der Waals surface area contributed by atoms with Gasteiger partial charge in [-0.1, -0.05) is 11.6 Å². The van der Waals surface area contributed by atoms with Gasteiger partial charge in [0.05, 0.1) is 13.2 Å². The van der Waals surface area contributed by atoms with Crippen LogP contribution < -0.4 is 9.47 Å². The van der Waals surface area contributed by atoms with E-state index < -0.39 is 0 Å². The Kier molecular flexibility index (Phi) is 2.32. The molecule has 1 saturated carbocycles. The molecule has 3 heteroatoms. The van der Waals surface area contributed by atoms with Crippen molar-refractivity contribution in [3.8, 4) is 11.5 Å². The second kappa shape index (κ2) is 3.46. The molecule has 0 N–H and O–H groups in total. The molecule has 1 aliphatic rings. The van der Waals surface area contributed by atoms with Gasteiger partial charge in [0.1, 0.15) is 0 Å². The normalized spacial score (nSPS) is 15.5. The lowest BCUT2D eigenvalue weighted by molar-refractivity contribution is 0.282. The van der Waals surface area contributed by atoms with Crippen LogP contribution in [-0.2, 0) is 0 Å². The highest BCUT2D eigenvalue weighted by molar-refractivity contribution is 6.30. The summed E-state index contributed by atoms with van der Waals surface area (Å²) in [7, 11) is 1.63. The van der Waals surface area contributed by atoms with Crippen LogP contribution in [0.2, 0.25) is 5.02 Å². The Morgan fingerprint density at radius 3 is 2.69 bits per heavy atom. The molecular weight excluding hydrogens is 188 g/mol. The third kappa shape index (κ3) is 2.07. The van der Waals surface area contributed by atoms with Crippen LogP contribution in [0.15, 0.2) is 18.2 Å². The predicted octanol–water partition coefficient (Wildman–Crippen LogP) is 2.89. The fraction of sp³-hybridized carbons (Fsp3) is 0.400. The van der Waals surface area contributed by atoms with Gasteiger partial charge in [0.15, 0.2) is 11.5 Å². The maximum atomic E-state index is 5.84. The third-order valence-electron chi connectivity index (χ3n) is 1.94. The zero-order valence-electron chi connectivity index (χ0n) is 7.42. The van der Waals surface area contributed by atoms with Crippen LogP contribution in [-0.4, -0.2) is 13.2 Å². The van der Waals surface area contributed by atoms with Gasteiger partial charge >= 0.3 is 0 Å². The summed E-state index contributed by atoms with van der Waals surface area (Å²) < 4.78 is 10.8. The maximum absolute atomic E-state index is 5.84. The van der Waals surface area contributed by atoms with Crippen LogP contribution >= 0.6 is 11.6 Å². The molecule has 0 heterocycles. The second-order valence-electron chi connectivity index (χ2n) is 3.11. The van der Waals surface area contributed by atoms with Crippen molar-refractivity contribution >= 4 is 11.6 Å². The van der Waals surface area contributed by atoms with E-state index in [0.29, 0.717) is 11.1 Å². The SMILES string of the molecule is COc1ccc(Cl)cc1OC1CC1. The minimum absolute atomic E-state index is 0.368. The van der Waals surface area contributed by atoms with E-state index in [1.807, 2.05) is 6.07 Å². The van der Waals surface area contributed by atoms with Crippen LogP contribution in [0.5, 0.6) is 11.5 Å². The van der Waals surface area contributed by atoms with Crippen molar-refractivity contribution in [3.63, 3.8) is 0 Å². The van der Waals surface area contributed by atoms with Gasteiger partial charge in [-0.2, -0.15) is 0 Å². The van der Waals surface area contributed by atoms with E-state index in [9.17, 15) is 0 Å². The maximum Gasteiger partial charge on any atom is 0.163 e. The standard InChI is InChI=1S/C10H11ClO2/c1-12-9-5-2-7(11)6-10(9)13-8-3-4-8/h2,5-6,8H,3-4H2,1H3. The van der Waals surface area contributed by atoms with E-state index in [1.54, 1.807) is 19.2 Å². The zero-order valence-corrected chi connectivity index (χ0v) is 8.17. The minimum Gasteiger partial charge on any atom is -0.493 e. The van der Waals surface area contributed by atoms with Gasteiger partial charge < -0.3 is 9.47 Å². The van der Waals surface area contributed by atoms with E-state index in [4.69, 9.17) is 21.1 Å².